The number of carbonyl (C=O) groups excluding carboxylic acids is 2. The van der Waals surface area contributed by atoms with Gasteiger partial charge in [0, 0.05) is 0 Å². The number of imide groups is 1. The van der Waals surface area contributed by atoms with Gasteiger partial charge in [-0.25, -0.2) is 9.79 Å². The van der Waals surface area contributed by atoms with Gasteiger partial charge in [0.05, 0.1) is 5.41 Å². The van der Waals surface area contributed by atoms with Crippen molar-refractivity contribution in [3.05, 3.63) is 12.2 Å². The molecule has 16 heavy (non-hydrogen) atoms. The summed E-state index contributed by atoms with van der Waals surface area (Å²) in [6.45, 7) is 7.12. The summed E-state index contributed by atoms with van der Waals surface area (Å²) in [5.74, 6) is -1.24. The molecule has 82 valence electrons. The predicted octanol–water partition coefficient (Wildman–Crippen LogP) is -2.64. The fourth-order valence-electron chi connectivity index (χ4n) is 1.65. The largest absolute Gasteiger partial charge is 1.00 e. The molecule has 1 heterocycles. The van der Waals surface area contributed by atoms with Crippen molar-refractivity contribution in [3.63, 3.8) is 0 Å². The number of aliphatic imine (C=N–C) groups is 1. The molecule has 5 nitrogen and oxygen atoms in total. The number of amides is 3. The number of hydrogen-bond donors (Lipinski definition) is 1. The van der Waals surface area contributed by atoms with Crippen LogP contribution >= 0.6 is 0 Å². The monoisotopic (exact) mass is 232 g/mol. The van der Waals surface area contributed by atoms with Crippen LogP contribution in [-0.4, -0.2) is 17.8 Å². The van der Waals surface area contributed by atoms with Gasteiger partial charge in [0.1, 0.15) is 0 Å². The molecule has 1 N–H and O–H groups in total. The second-order valence-corrected chi connectivity index (χ2v) is 3.75. The van der Waals surface area contributed by atoms with Crippen molar-refractivity contribution in [2.75, 3.05) is 0 Å². The van der Waals surface area contributed by atoms with Crippen LogP contribution in [0.3, 0.4) is 0 Å². The first kappa shape index (κ1) is 15.3. The SMILES string of the molecule is C=C(C)CC1(CC)C(=O)NC(=O)N=C1[O-].[Na+]. The molecule has 0 aliphatic carbocycles. The molecule has 0 aromatic rings. The van der Waals surface area contributed by atoms with Gasteiger partial charge in [-0.3, -0.25) is 10.1 Å². The molecular weight excluding hydrogens is 219 g/mol. The Kier molecular flexibility index (Phi) is 5.38. The maximum atomic E-state index is 11.6. The van der Waals surface area contributed by atoms with Crippen LogP contribution < -0.4 is 40.0 Å². The van der Waals surface area contributed by atoms with Crippen LogP contribution in [0.25, 0.3) is 0 Å². The number of nitrogens with one attached hydrogen (secondary N) is 1. The molecule has 1 aliphatic rings. The molecule has 0 fully saturated rings. The van der Waals surface area contributed by atoms with Crippen molar-refractivity contribution in [1.29, 1.82) is 0 Å². The second-order valence-electron chi connectivity index (χ2n) is 3.75. The van der Waals surface area contributed by atoms with E-state index in [2.05, 4.69) is 16.9 Å². The zero-order valence-electron chi connectivity index (χ0n) is 9.79. The Morgan fingerprint density at radius 3 is 2.50 bits per heavy atom. The van der Waals surface area contributed by atoms with Crippen molar-refractivity contribution in [2.24, 2.45) is 10.4 Å². The molecule has 3 amide bonds. The predicted molar refractivity (Wildman–Crippen MR) is 53.1 cm³/mol. The van der Waals surface area contributed by atoms with E-state index in [1.807, 2.05) is 0 Å². The average molecular weight is 232 g/mol. The molecule has 6 heteroatoms. The maximum absolute atomic E-state index is 11.6. The van der Waals surface area contributed by atoms with E-state index in [9.17, 15) is 14.7 Å². The quantitative estimate of drug-likeness (QED) is 0.426. The van der Waals surface area contributed by atoms with Crippen LogP contribution in [0.1, 0.15) is 26.7 Å². The Balaban J connectivity index is 0.00000225. The normalized spacial score (nSPS) is 24.2. The van der Waals surface area contributed by atoms with Crippen molar-refractivity contribution in [3.8, 4) is 0 Å². The van der Waals surface area contributed by atoms with Gasteiger partial charge in [-0.2, -0.15) is 0 Å². The summed E-state index contributed by atoms with van der Waals surface area (Å²) in [6.07, 6.45) is 0.534. The first-order chi connectivity index (χ1) is 6.92. The van der Waals surface area contributed by atoms with Gasteiger partial charge >= 0.3 is 35.6 Å². The number of allylic oxidation sites excluding steroid dienone is 1. The van der Waals surface area contributed by atoms with Gasteiger partial charge in [0.15, 0.2) is 0 Å². The van der Waals surface area contributed by atoms with Crippen molar-refractivity contribution >= 4 is 17.8 Å². The van der Waals surface area contributed by atoms with Crippen molar-refractivity contribution in [1.82, 2.24) is 5.32 Å². The number of nitrogens with zero attached hydrogens (tertiary/aromatic N) is 1. The average Bonchev–Trinajstić information content (AvgIpc) is 2.11. The summed E-state index contributed by atoms with van der Waals surface area (Å²) in [6, 6.07) is -0.879. The molecule has 0 saturated heterocycles. The van der Waals surface area contributed by atoms with E-state index >= 15 is 0 Å². The molecule has 0 aromatic carbocycles. The van der Waals surface area contributed by atoms with E-state index in [4.69, 9.17) is 0 Å². The third kappa shape index (κ3) is 2.72. The van der Waals surface area contributed by atoms with E-state index in [1.165, 1.54) is 0 Å². The van der Waals surface area contributed by atoms with Crippen molar-refractivity contribution < 1.29 is 44.3 Å². The summed E-state index contributed by atoms with van der Waals surface area (Å²) in [7, 11) is 0. The third-order valence-electron chi connectivity index (χ3n) is 2.47. The van der Waals surface area contributed by atoms with Crippen LogP contribution in [0.5, 0.6) is 0 Å². The molecule has 0 aromatic heterocycles. The van der Waals surface area contributed by atoms with Crippen LogP contribution in [0.15, 0.2) is 17.1 Å². The van der Waals surface area contributed by atoms with Gasteiger partial charge in [0.2, 0.25) is 5.91 Å². The minimum atomic E-state index is -1.24. The standard InChI is InChI=1S/C10H14N2O3.Na/c1-4-10(5-6(2)3)7(13)11-9(15)12-8(10)14;/h2,4-5H2,1,3H3,(H2,11,12,13,14,15);/q;+1/p-1. The molecule has 1 aliphatic heterocycles. The topological polar surface area (TPSA) is 81.6 Å². The smallest absolute Gasteiger partial charge is 0.861 e. The first-order valence-electron chi connectivity index (χ1n) is 4.68. The molecule has 0 saturated carbocycles. The fourth-order valence-corrected chi connectivity index (χ4v) is 1.65. The number of rotatable bonds is 3. The van der Waals surface area contributed by atoms with E-state index in [-0.39, 0.29) is 36.0 Å². The van der Waals surface area contributed by atoms with Crippen LogP contribution in [0, 0.1) is 5.41 Å². The number of urea groups is 1. The summed E-state index contributed by atoms with van der Waals surface area (Å²) in [4.78, 5) is 25.7. The summed E-state index contributed by atoms with van der Waals surface area (Å²) >= 11 is 0. The molecule has 0 radical (unpaired) electrons. The Morgan fingerprint density at radius 2 is 2.12 bits per heavy atom. The molecule has 0 spiro atoms. The van der Waals surface area contributed by atoms with E-state index in [0.29, 0.717) is 12.0 Å². The Labute approximate surface area is 116 Å². The first-order valence-corrected chi connectivity index (χ1v) is 4.68. The zero-order chi connectivity index (χ0) is 11.6. The molecule has 1 rings (SSSR count). The van der Waals surface area contributed by atoms with E-state index < -0.39 is 23.3 Å². The summed E-state index contributed by atoms with van der Waals surface area (Å²) in [5.41, 5.74) is -0.523. The summed E-state index contributed by atoms with van der Waals surface area (Å²) < 4.78 is 0. The Morgan fingerprint density at radius 1 is 1.56 bits per heavy atom. The van der Waals surface area contributed by atoms with E-state index in [0.717, 1.165) is 0 Å². The maximum Gasteiger partial charge on any atom is 1.00 e. The second kappa shape index (κ2) is 5.61. The van der Waals surface area contributed by atoms with Gasteiger partial charge in [0.25, 0.3) is 0 Å². The molecule has 0 bridgehead atoms. The molecule has 1 atom stereocenters. The summed E-state index contributed by atoms with van der Waals surface area (Å²) in [5, 5.41) is 13.7. The van der Waals surface area contributed by atoms with Gasteiger partial charge in [-0.05, 0) is 25.7 Å². The molecular formula is C10H13N2NaO3. The minimum absolute atomic E-state index is 0. The van der Waals surface area contributed by atoms with Crippen LogP contribution in [0.4, 0.5) is 4.79 Å². The van der Waals surface area contributed by atoms with Gasteiger partial charge < -0.3 is 5.11 Å². The number of carbonyl (C=O) groups is 2. The van der Waals surface area contributed by atoms with Crippen molar-refractivity contribution in [2.45, 2.75) is 26.7 Å². The third-order valence-corrected chi connectivity index (χ3v) is 2.47. The zero-order valence-corrected chi connectivity index (χ0v) is 11.8. The minimum Gasteiger partial charge on any atom is -0.861 e. The fraction of sp³-hybridized carbons (Fsp3) is 0.500. The van der Waals surface area contributed by atoms with Gasteiger partial charge in [-0.15, -0.1) is 6.58 Å². The van der Waals surface area contributed by atoms with Gasteiger partial charge in [-0.1, -0.05) is 12.5 Å². The Bertz CT molecular complexity index is 365. The van der Waals surface area contributed by atoms with Crippen LogP contribution in [0.2, 0.25) is 0 Å². The number of hydrogen-bond acceptors (Lipinski definition) is 3. The van der Waals surface area contributed by atoms with E-state index in [1.54, 1.807) is 13.8 Å². The molecule has 1 unspecified atom stereocenters. The Hall–Kier alpha value is -0.650. The van der Waals surface area contributed by atoms with Crippen LogP contribution in [-0.2, 0) is 4.79 Å².